The highest BCUT2D eigenvalue weighted by Gasteiger charge is 2.38. The fourth-order valence-corrected chi connectivity index (χ4v) is 14.6. The molecule has 0 fully saturated rings. The molecule has 117 heavy (non-hydrogen) atoms. The van der Waals surface area contributed by atoms with E-state index in [2.05, 4.69) is 68.1 Å². The number of rotatable bonds is 50. The van der Waals surface area contributed by atoms with Gasteiger partial charge in [-0.25, -0.2) is 9.59 Å². The van der Waals surface area contributed by atoms with Gasteiger partial charge in [-0.2, -0.15) is 0 Å². The van der Waals surface area contributed by atoms with Crippen LogP contribution in [0, 0.1) is 0 Å². The second kappa shape index (κ2) is 45.3. The van der Waals surface area contributed by atoms with E-state index in [0.29, 0.717) is 98.5 Å². The van der Waals surface area contributed by atoms with Crippen LogP contribution in [0.3, 0.4) is 0 Å². The molecule has 5 aromatic carbocycles. The van der Waals surface area contributed by atoms with Crippen LogP contribution in [-0.2, 0) is 76.7 Å². The Bertz CT molecular complexity index is 4670. The Morgan fingerprint density at radius 2 is 0.667 bits per heavy atom. The molecular formula is C84H111N19O14. The molecule has 9 atom stereocenters. The van der Waals surface area contributed by atoms with Crippen LogP contribution in [0.5, 0.6) is 0 Å². The van der Waals surface area contributed by atoms with Crippen LogP contribution in [0.25, 0.3) is 43.8 Å². The molecule has 0 radical (unpaired) electrons. The van der Waals surface area contributed by atoms with Crippen molar-refractivity contribution >= 4 is 104 Å². The molecule has 8 aromatic rings. The van der Waals surface area contributed by atoms with Crippen LogP contribution >= 0.6 is 0 Å². The number of primary amides is 1. The molecule has 0 bridgehead atoms. The third-order valence-corrected chi connectivity index (χ3v) is 20.9. The summed E-state index contributed by atoms with van der Waals surface area (Å²) in [6.45, 7) is 0.349. The molecule has 1 aliphatic carbocycles. The number of aromatic nitrogens is 3. The molecule has 0 saturated heterocycles. The Labute approximate surface area is 677 Å². The summed E-state index contributed by atoms with van der Waals surface area (Å²) in [5.74, 6) is -10.5. The van der Waals surface area contributed by atoms with Gasteiger partial charge in [0.15, 0.2) is 0 Å². The normalized spacial score (nSPS) is 14.0. The Balaban J connectivity index is 0.914. The minimum atomic E-state index is -1.77. The predicted octanol–water partition coefficient (Wildman–Crippen LogP) is 2.67. The number of para-hydroxylation sites is 3. The third-order valence-electron chi connectivity index (χ3n) is 20.9. The van der Waals surface area contributed by atoms with Gasteiger partial charge in [0.2, 0.25) is 59.1 Å². The number of fused-ring (bicyclic) bond motifs is 6. The summed E-state index contributed by atoms with van der Waals surface area (Å²) < 4.78 is 5.90. The number of H-pyrrole nitrogens is 3. The number of carbonyl (C=O) groups excluding carboxylic acids is 11. The number of carboxylic acids is 1. The summed E-state index contributed by atoms with van der Waals surface area (Å²) >= 11 is 0. The lowest BCUT2D eigenvalue weighted by atomic mass is 9.98. The number of ether oxygens (including phenoxy) is 1. The highest BCUT2D eigenvalue weighted by atomic mass is 16.5. The third kappa shape index (κ3) is 25.7. The van der Waals surface area contributed by atoms with Crippen molar-refractivity contribution in [3.8, 4) is 11.1 Å². The second-order valence-electron chi connectivity index (χ2n) is 29.4. The van der Waals surface area contributed by atoms with Crippen molar-refractivity contribution in [3.63, 3.8) is 0 Å². The van der Waals surface area contributed by atoms with Gasteiger partial charge in [-0.05, 0) is 186 Å². The van der Waals surface area contributed by atoms with Crippen LogP contribution in [0.2, 0.25) is 0 Å². The number of aliphatic carboxylic acids is 1. The summed E-state index contributed by atoms with van der Waals surface area (Å²) in [6.07, 6.45) is 6.85. The fraction of sp³-hybridized carbons (Fsp3) is 0.429. The Hall–Kier alpha value is -12.0. The zero-order chi connectivity index (χ0) is 83.8. The van der Waals surface area contributed by atoms with E-state index >= 15 is 14.4 Å². The average Bonchev–Trinajstić information content (AvgIpc) is 1.62. The van der Waals surface area contributed by atoms with Crippen molar-refractivity contribution in [2.45, 2.75) is 182 Å². The molecule has 11 amide bonds. The van der Waals surface area contributed by atoms with E-state index in [9.17, 15) is 48.3 Å². The van der Waals surface area contributed by atoms with Gasteiger partial charge in [-0.1, -0.05) is 103 Å². The van der Waals surface area contributed by atoms with E-state index < -0.39 is 138 Å². The molecular weight excluding hydrogens is 1500 g/mol. The Morgan fingerprint density at radius 1 is 0.359 bits per heavy atom. The lowest BCUT2D eigenvalue weighted by Crippen LogP contribution is -2.60. The monoisotopic (exact) mass is 1610 g/mol. The average molecular weight is 1610 g/mol. The van der Waals surface area contributed by atoms with Gasteiger partial charge >= 0.3 is 12.1 Å². The van der Waals surface area contributed by atoms with Gasteiger partial charge in [0.05, 0.1) is 13.0 Å². The topological polar surface area (TPSA) is 558 Å². The Kier molecular flexibility index (Phi) is 34.4. The summed E-state index contributed by atoms with van der Waals surface area (Å²) in [7, 11) is 0. The van der Waals surface area contributed by atoms with Crippen molar-refractivity contribution in [1.82, 2.24) is 68.1 Å². The molecule has 33 heteroatoms. The maximum Gasteiger partial charge on any atom is 0.407 e. The van der Waals surface area contributed by atoms with Crippen molar-refractivity contribution in [2.75, 3.05) is 45.9 Å². The largest absolute Gasteiger partial charge is 0.480 e. The van der Waals surface area contributed by atoms with Crippen LogP contribution in [-0.4, -0.2) is 191 Å². The molecule has 33 nitrogen and oxygen atoms in total. The molecule has 9 rings (SSSR count). The summed E-state index contributed by atoms with van der Waals surface area (Å²) in [6, 6.07) is 24.7. The van der Waals surface area contributed by atoms with Gasteiger partial charge in [-0.15, -0.1) is 0 Å². The molecule has 626 valence electrons. The number of hydrogen-bond donors (Lipinski definition) is 20. The molecule has 26 N–H and O–H groups in total. The molecule has 0 spiro atoms. The Morgan fingerprint density at radius 3 is 1.03 bits per heavy atom. The number of carbonyl (C=O) groups is 12. The molecule has 0 aliphatic heterocycles. The van der Waals surface area contributed by atoms with Gasteiger partial charge < -0.3 is 112 Å². The minimum Gasteiger partial charge on any atom is -0.480 e. The number of amides is 11. The van der Waals surface area contributed by atoms with Gasteiger partial charge in [-0.3, -0.25) is 47.9 Å². The van der Waals surface area contributed by atoms with Crippen LogP contribution in [0.4, 0.5) is 4.79 Å². The van der Waals surface area contributed by atoms with Gasteiger partial charge in [0.1, 0.15) is 61.0 Å². The molecule has 1 aliphatic rings. The number of carboxylic acid groups (broad SMARTS) is 1. The lowest BCUT2D eigenvalue weighted by Gasteiger charge is -2.28. The zero-order valence-electron chi connectivity index (χ0n) is 65.7. The first-order chi connectivity index (χ1) is 56.6. The number of nitrogens with two attached hydrogens (primary N) is 6. The number of aromatic amines is 3. The lowest BCUT2D eigenvalue weighted by molar-refractivity contribution is -0.142. The maximum absolute atomic E-state index is 15.3. The fourth-order valence-electron chi connectivity index (χ4n) is 14.6. The number of hydrogen-bond acceptors (Lipinski definition) is 18. The molecule has 0 saturated carbocycles. The molecule has 3 aromatic heterocycles. The molecule has 3 heterocycles. The van der Waals surface area contributed by atoms with E-state index in [1.165, 1.54) is 0 Å². The van der Waals surface area contributed by atoms with Crippen molar-refractivity contribution < 1.29 is 67.4 Å². The highest BCUT2D eigenvalue weighted by Crippen LogP contribution is 2.44. The van der Waals surface area contributed by atoms with Gasteiger partial charge in [0.25, 0.3) is 0 Å². The van der Waals surface area contributed by atoms with Crippen LogP contribution in [0.15, 0.2) is 140 Å². The van der Waals surface area contributed by atoms with Crippen LogP contribution in [0.1, 0.15) is 136 Å². The van der Waals surface area contributed by atoms with Crippen molar-refractivity contribution in [2.24, 2.45) is 34.4 Å². The highest BCUT2D eigenvalue weighted by molar-refractivity contribution is 6.00. The van der Waals surface area contributed by atoms with Crippen molar-refractivity contribution in [3.05, 3.63) is 168 Å². The number of alkyl carbamates (subject to hydrolysis) is 1. The standard InChI is InChI=1S/C84H111N19O14/c85-36-16-11-31-64(76(107)99-71(43-52-47-93-63-30-10-7-23-55(52)63)82(113)98-68(83(114)115)35-15-20-40-89)95-74(105)48-94-75(106)72(44-73(90)104)102-78(109)66(33-13-18-38-87)97-80(111)69(41-50-45-91-61-28-8-5-21-53(50)61)100-77(108)65(32-12-17-37-86)96-81(112)70(42-51-46-92-62-29-9-6-22-54(51)62)101-79(110)67(34-14-19-39-88)103-84(116)117-49-60-58-26-3-1-24-56(58)57-25-2-4-27-59(57)60/h1-10,21-30,45-47,60,64-72,91-93H,11-20,31-44,48-49,85-89H2,(H2,90,104)(H,94,106)(H,95,105)(H,96,112)(H,97,111)(H,98,113)(H,99,107)(H,100,108)(H,101,110)(H,102,109)(H,103,116)(H,114,115)/t64-,65-,66-,67-,68-,69-,70-,71-,72+/m1/s1. The SMILES string of the molecule is NCCCC[C@@H](NC(=O)[C@@H](Cc1c[nH]c2ccccc12)NC(=O)[C@@H](CCCCN)NC(=O)CNC(=O)[C@H](CC(N)=O)NC(=O)[C@@H](CCCCN)NC(=O)[C@@H](Cc1c[nH]c2ccccc12)NC(=O)[C@@H](CCCCN)NC(=O)[C@@H](Cc1c[nH]c2ccccc12)NC(=O)[C@@H](CCCCN)NC(=O)OCC1c2ccccc2-c2ccccc21)C(=O)O. The number of nitrogens with one attached hydrogen (secondary N) is 13. The van der Waals surface area contributed by atoms with E-state index in [1.54, 1.807) is 42.9 Å². The van der Waals surface area contributed by atoms with Crippen molar-refractivity contribution in [1.29, 1.82) is 0 Å². The first-order valence-electron chi connectivity index (χ1n) is 40.1. The van der Waals surface area contributed by atoms with Gasteiger partial charge in [0, 0.05) is 76.5 Å². The maximum atomic E-state index is 15.3. The van der Waals surface area contributed by atoms with Crippen LogP contribution < -0.4 is 87.6 Å². The van der Waals surface area contributed by atoms with E-state index in [4.69, 9.17) is 39.1 Å². The molecule has 0 unspecified atom stereocenters. The number of benzene rings is 5. The minimum absolute atomic E-state index is 0.00157. The first kappa shape index (κ1) is 88.9. The summed E-state index contributed by atoms with van der Waals surface area (Å²) in [4.78, 5) is 181. The second-order valence-corrected chi connectivity index (χ2v) is 29.4. The first-order valence-corrected chi connectivity index (χ1v) is 40.1. The number of unbranched alkanes of at least 4 members (excludes halogenated alkanes) is 5. The smallest absolute Gasteiger partial charge is 0.407 e. The van der Waals surface area contributed by atoms with E-state index in [0.717, 1.165) is 44.1 Å². The predicted molar refractivity (Wildman–Crippen MR) is 442 cm³/mol. The summed E-state index contributed by atoms with van der Waals surface area (Å²) in [5, 5.41) is 39.2. The zero-order valence-corrected chi connectivity index (χ0v) is 65.7. The van der Waals surface area contributed by atoms with E-state index in [-0.39, 0.29) is 89.9 Å². The summed E-state index contributed by atoms with van der Waals surface area (Å²) in [5.41, 5.74) is 43.0. The quantitative estimate of drug-likeness (QED) is 0.0244. The van der Waals surface area contributed by atoms with E-state index in [1.807, 2.05) is 97.1 Å².